The number of nitrogens with zero attached hydrogens (tertiary/aromatic N) is 4. The molecule has 10 heteroatoms. The number of para-hydroxylation sites is 1. The van der Waals surface area contributed by atoms with Crippen molar-refractivity contribution in [3.05, 3.63) is 74.9 Å². The van der Waals surface area contributed by atoms with Crippen LogP contribution in [-0.4, -0.2) is 36.6 Å². The van der Waals surface area contributed by atoms with Crippen LogP contribution in [0.5, 0.6) is 0 Å². The molecule has 2 heterocycles. The van der Waals surface area contributed by atoms with E-state index in [1.165, 1.54) is 8.97 Å². The van der Waals surface area contributed by atoms with Crippen molar-refractivity contribution in [2.45, 2.75) is 65.1 Å². The van der Waals surface area contributed by atoms with Crippen LogP contribution in [0.4, 0.5) is 5.69 Å². The molecule has 2 N–H and O–H groups in total. The number of amides is 2. The highest BCUT2D eigenvalue weighted by Gasteiger charge is 2.22. The van der Waals surface area contributed by atoms with Crippen molar-refractivity contribution in [2.24, 2.45) is 5.92 Å². The van der Waals surface area contributed by atoms with Gasteiger partial charge >= 0.3 is 5.69 Å². The smallest absolute Gasteiger partial charge is 0.349 e. The number of fused-ring (bicyclic) bond motifs is 3. The maximum atomic E-state index is 13.6. The third-order valence-electron chi connectivity index (χ3n) is 7.01. The lowest BCUT2D eigenvalue weighted by Crippen LogP contribution is -2.33. The number of hydrogen-bond acceptors (Lipinski definition) is 5. The van der Waals surface area contributed by atoms with Crippen LogP contribution in [-0.2, 0) is 17.9 Å². The molecule has 0 bridgehead atoms. The van der Waals surface area contributed by atoms with Crippen molar-refractivity contribution in [2.75, 3.05) is 5.32 Å². The van der Waals surface area contributed by atoms with Crippen LogP contribution in [0.3, 0.4) is 0 Å². The number of anilines is 1. The Morgan fingerprint density at radius 3 is 2.50 bits per heavy atom. The predicted molar refractivity (Wildman–Crippen MR) is 145 cm³/mol. The zero-order valence-corrected chi connectivity index (χ0v) is 21.6. The minimum absolute atomic E-state index is 0.135. The van der Waals surface area contributed by atoms with Crippen molar-refractivity contribution in [3.63, 3.8) is 0 Å². The van der Waals surface area contributed by atoms with E-state index in [1.807, 2.05) is 6.07 Å². The van der Waals surface area contributed by atoms with E-state index in [-0.39, 0.29) is 29.8 Å². The molecule has 1 aliphatic carbocycles. The minimum atomic E-state index is -0.556. The van der Waals surface area contributed by atoms with Crippen molar-refractivity contribution in [3.8, 4) is 0 Å². The van der Waals surface area contributed by atoms with Gasteiger partial charge in [0.05, 0.1) is 10.9 Å². The molecule has 2 aromatic heterocycles. The molecule has 198 valence electrons. The van der Waals surface area contributed by atoms with Gasteiger partial charge in [-0.25, -0.2) is 13.9 Å². The maximum absolute atomic E-state index is 13.6. The third kappa shape index (κ3) is 5.11. The van der Waals surface area contributed by atoms with Gasteiger partial charge in [-0.05, 0) is 55.5 Å². The van der Waals surface area contributed by atoms with Crippen LogP contribution < -0.4 is 21.9 Å². The van der Waals surface area contributed by atoms with Gasteiger partial charge in [0.2, 0.25) is 11.7 Å². The lowest BCUT2D eigenvalue weighted by atomic mass is 10.1. The summed E-state index contributed by atoms with van der Waals surface area (Å²) in [6.07, 6.45) is 4.78. The molecular formula is C28H32N6O4. The summed E-state index contributed by atoms with van der Waals surface area (Å²) < 4.78 is 3.87. The average Bonchev–Trinajstić information content (AvgIpc) is 3.52. The molecule has 0 radical (unpaired) electrons. The molecule has 1 aliphatic rings. The number of hydrogen-bond donors (Lipinski definition) is 2. The average molecular weight is 517 g/mol. The first-order valence-electron chi connectivity index (χ1n) is 13.1. The second-order valence-electron chi connectivity index (χ2n) is 10.3. The number of aryl methyl sites for hydroxylation is 1. The van der Waals surface area contributed by atoms with Crippen molar-refractivity contribution in [1.29, 1.82) is 0 Å². The van der Waals surface area contributed by atoms with Crippen LogP contribution in [0.1, 0.15) is 56.3 Å². The Morgan fingerprint density at radius 1 is 1.05 bits per heavy atom. The number of carbonyl (C=O) groups excluding carboxylic acids is 2. The largest absolute Gasteiger partial charge is 0.352 e. The molecule has 1 saturated carbocycles. The van der Waals surface area contributed by atoms with Crippen LogP contribution in [0, 0.1) is 5.92 Å². The van der Waals surface area contributed by atoms with Gasteiger partial charge < -0.3 is 10.6 Å². The summed E-state index contributed by atoms with van der Waals surface area (Å²) in [7, 11) is 0. The van der Waals surface area contributed by atoms with E-state index < -0.39 is 11.6 Å². The predicted octanol–water partition coefficient (Wildman–Crippen LogP) is 3.17. The van der Waals surface area contributed by atoms with Gasteiger partial charge in [0.25, 0.3) is 11.5 Å². The highest BCUT2D eigenvalue weighted by atomic mass is 16.2. The van der Waals surface area contributed by atoms with Crippen LogP contribution in [0.2, 0.25) is 0 Å². The van der Waals surface area contributed by atoms with Crippen LogP contribution in [0.15, 0.2) is 58.1 Å². The van der Waals surface area contributed by atoms with Crippen molar-refractivity contribution in [1.82, 2.24) is 24.1 Å². The summed E-state index contributed by atoms with van der Waals surface area (Å²) in [5, 5.41) is 10.5. The molecule has 5 rings (SSSR count). The first-order chi connectivity index (χ1) is 18.3. The van der Waals surface area contributed by atoms with Crippen molar-refractivity contribution < 1.29 is 9.59 Å². The van der Waals surface area contributed by atoms with Gasteiger partial charge in [-0.15, -0.1) is 5.10 Å². The Morgan fingerprint density at radius 2 is 1.79 bits per heavy atom. The summed E-state index contributed by atoms with van der Waals surface area (Å²) in [4.78, 5) is 52.7. The Hall–Kier alpha value is -4.21. The molecule has 0 unspecified atom stereocenters. The first-order valence-corrected chi connectivity index (χ1v) is 13.1. The second kappa shape index (κ2) is 10.6. The number of benzene rings is 2. The lowest BCUT2D eigenvalue weighted by Gasteiger charge is -2.14. The van der Waals surface area contributed by atoms with Gasteiger partial charge in [-0.1, -0.05) is 44.9 Å². The van der Waals surface area contributed by atoms with E-state index in [0.29, 0.717) is 41.0 Å². The summed E-state index contributed by atoms with van der Waals surface area (Å²) in [5.74, 6) is -0.184. The summed E-state index contributed by atoms with van der Waals surface area (Å²) >= 11 is 0. The maximum Gasteiger partial charge on any atom is 0.352 e. The van der Waals surface area contributed by atoms with Gasteiger partial charge in [-0.3, -0.25) is 19.0 Å². The molecule has 0 atom stereocenters. The number of aromatic nitrogens is 4. The summed E-state index contributed by atoms with van der Waals surface area (Å²) in [6.45, 7) is 4.15. The van der Waals surface area contributed by atoms with E-state index in [0.717, 1.165) is 30.4 Å². The standard InChI is InChI=1S/C28H32N6O4/c1-18(2)14-15-32-26(37)22-13-12-19(25(36)30-21-10-6-7-11-21)16-23(22)34-27(32)31-33(28(34)38)17-24(35)29-20-8-4-3-5-9-20/h3-5,8-9,12-13,16,18,21H,6-7,10-11,14-15,17H2,1-2H3,(H,29,35)(H,30,36). The molecule has 2 amide bonds. The molecule has 38 heavy (non-hydrogen) atoms. The fourth-order valence-corrected chi connectivity index (χ4v) is 4.95. The molecular weight excluding hydrogens is 484 g/mol. The van der Waals surface area contributed by atoms with Gasteiger partial charge in [-0.2, -0.15) is 0 Å². The minimum Gasteiger partial charge on any atom is -0.349 e. The highest BCUT2D eigenvalue weighted by molar-refractivity contribution is 5.98. The van der Waals surface area contributed by atoms with Gasteiger partial charge in [0.15, 0.2) is 0 Å². The van der Waals surface area contributed by atoms with Gasteiger partial charge in [0.1, 0.15) is 6.54 Å². The van der Waals surface area contributed by atoms with Crippen molar-refractivity contribution >= 4 is 34.2 Å². The number of nitrogens with one attached hydrogen (secondary N) is 2. The molecule has 1 fully saturated rings. The second-order valence-corrected chi connectivity index (χ2v) is 10.3. The van der Waals surface area contributed by atoms with E-state index in [9.17, 15) is 19.2 Å². The Labute approximate surface area is 219 Å². The normalized spacial score (nSPS) is 14.0. The van der Waals surface area contributed by atoms with Crippen LogP contribution >= 0.6 is 0 Å². The summed E-state index contributed by atoms with van der Waals surface area (Å²) in [6, 6.07) is 13.9. The van der Waals surface area contributed by atoms with E-state index >= 15 is 0 Å². The monoisotopic (exact) mass is 516 g/mol. The lowest BCUT2D eigenvalue weighted by molar-refractivity contribution is -0.117. The topological polar surface area (TPSA) is 120 Å². The molecule has 4 aromatic rings. The van der Waals surface area contributed by atoms with E-state index in [1.54, 1.807) is 42.5 Å². The molecule has 10 nitrogen and oxygen atoms in total. The fourth-order valence-electron chi connectivity index (χ4n) is 4.95. The number of carbonyl (C=O) groups is 2. The molecule has 2 aromatic carbocycles. The van der Waals surface area contributed by atoms with E-state index in [2.05, 4.69) is 29.6 Å². The highest BCUT2D eigenvalue weighted by Crippen LogP contribution is 2.19. The Bertz CT molecular complexity index is 1610. The Kier molecular flexibility index (Phi) is 7.13. The van der Waals surface area contributed by atoms with Gasteiger partial charge in [0, 0.05) is 23.8 Å². The van der Waals surface area contributed by atoms with Crippen LogP contribution in [0.25, 0.3) is 16.7 Å². The first kappa shape index (κ1) is 25.4. The SMILES string of the molecule is CC(C)CCn1c(=O)c2ccc(C(=O)NC3CCCC3)cc2n2c(=O)n(CC(=O)Nc3ccccc3)nc12. The van der Waals surface area contributed by atoms with E-state index in [4.69, 9.17) is 0 Å². The molecule has 0 saturated heterocycles. The zero-order valence-electron chi connectivity index (χ0n) is 21.6. The Balaban J connectivity index is 1.59. The quantitative estimate of drug-likeness (QED) is 0.373. The zero-order chi connectivity index (χ0) is 26.8. The third-order valence-corrected chi connectivity index (χ3v) is 7.01. The molecule has 0 spiro atoms. The number of rotatable bonds is 8. The molecule has 0 aliphatic heterocycles. The summed E-state index contributed by atoms with van der Waals surface area (Å²) in [5.41, 5.74) is 0.421. The fraction of sp³-hybridized carbons (Fsp3) is 0.393.